The Kier molecular flexibility index (Phi) is 4.16. The van der Waals surface area contributed by atoms with Gasteiger partial charge in [-0.15, -0.1) is 0 Å². The maximum absolute atomic E-state index is 4.84. The molecule has 0 aliphatic carbocycles. The minimum atomic E-state index is 0.219. The van der Waals surface area contributed by atoms with E-state index in [1.807, 2.05) is 0 Å². The Morgan fingerprint density at radius 3 is 1.60 bits per heavy atom. The third-order valence-corrected chi connectivity index (χ3v) is 0.236. The molecule has 0 unspecified atom stereocenters. The lowest BCUT2D eigenvalue weighted by Gasteiger charge is -1.87. The van der Waals surface area contributed by atoms with Crippen molar-refractivity contribution in [2.75, 3.05) is 13.0 Å². The highest BCUT2D eigenvalue weighted by atomic mass is 16.5. The first-order valence-electron chi connectivity index (χ1n) is 1.39. The summed E-state index contributed by atoms with van der Waals surface area (Å²) in [5.41, 5.74) is 0. The second kappa shape index (κ2) is 4.09. The molecule has 0 fully saturated rings. The van der Waals surface area contributed by atoms with Crippen LogP contribution in [0.25, 0.3) is 0 Å². The average molecular weight is 65.7 g/mol. The zero-order chi connectivity index (χ0) is 4.12. The van der Waals surface area contributed by atoms with E-state index in [4.69, 9.17) is 15.7 Å². The fraction of sp³-hybridized carbons (Fsp3) is 1.00. The minimum absolute atomic E-state index is 0.219. The summed E-state index contributed by atoms with van der Waals surface area (Å²) in [4.78, 5) is 0. The van der Waals surface area contributed by atoms with Crippen molar-refractivity contribution in [2.24, 2.45) is 0 Å². The summed E-state index contributed by atoms with van der Waals surface area (Å²) in [5, 5.41) is 0. The van der Waals surface area contributed by atoms with Crippen molar-refractivity contribution in [2.45, 2.75) is 0 Å². The highest BCUT2D eigenvalue weighted by Gasteiger charge is 1.64. The second-order valence-electron chi connectivity index (χ2n) is 0.537. The molecule has 0 N–H and O–H groups in total. The molecule has 0 aromatic carbocycles. The third kappa shape index (κ3) is 4.09. The Hall–Kier alpha value is 0.0899. The van der Waals surface area contributed by atoms with Gasteiger partial charge in [-0.1, -0.05) is 0 Å². The number of rotatable bonds is 2. The number of ether oxygens (including phenoxy) is 1. The molecule has 24 valence electrons. The molecule has 4 radical (unpaired) electrons. The van der Waals surface area contributed by atoms with E-state index in [0.717, 1.165) is 0 Å². The molecule has 0 atom stereocenters. The molecule has 0 saturated carbocycles. The van der Waals surface area contributed by atoms with Crippen LogP contribution in [0.5, 0.6) is 0 Å². The van der Waals surface area contributed by atoms with Crippen LogP contribution in [0.1, 0.15) is 0 Å². The van der Waals surface area contributed by atoms with E-state index in [-0.39, 0.29) is 13.0 Å². The third-order valence-electron chi connectivity index (χ3n) is 0.236. The van der Waals surface area contributed by atoms with Gasteiger partial charge in [-0.05, 0) is 0 Å². The molecule has 3 heteroatoms. The lowest BCUT2D eigenvalue weighted by molar-refractivity contribution is 0.231. The fourth-order valence-electron chi connectivity index (χ4n) is 0.0680. The molecule has 0 bridgehead atoms. The van der Waals surface area contributed by atoms with Crippen molar-refractivity contribution >= 4 is 15.7 Å². The molecule has 0 amide bonds. The standard InChI is InChI=1S/C2H4B2O/c3-1-5-2-4/h1-2H2. The number of hydrogen-bond acceptors (Lipinski definition) is 1. The van der Waals surface area contributed by atoms with E-state index >= 15 is 0 Å². The Labute approximate surface area is 34.5 Å². The van der Waals surface area contributed by atoms with Gasteiger partial charge in [0.15, 0.2) is 0 Å². The zero-order valence-electron chi connectivity index (χ0n) is 2.98. The van der Waals surface area contributed by atoms with Crippen LogP contribution in [0, 0.1) is 0 Å². The van der Waals surface area contributed by atoms with E-state index in [1.54, 1.807) is 0 Å². The first-order valence-corrected chi connectivity index (χ1v) is 1.39. The van der Waals surface area contributed by atoms with Crippen molar-refractivity contribution in [3.05, 3.63) is 0 Å². The van der Waals surface area contributed by atoms with Crippen LogP contribution in [-0.2, 0) is 4.74 Å². The summed E-state index contributed by atoms with van der Waals surface area (Å²) in [6.45, 7) is 0.438. The van der Waals surface area contributed by atoms with Crippen LogP contribution in [0.2, 0.25) is 0 Å². The molecular formula is C2H4B2O. The van der Waals surface area contributed by atoms with Gasteiger partial charge >= 0.3 is 0 Å². The van der Waals surface area contributed by atoms with E-state index in [9.17, 15) is 0 Å². The molecule has 0 aliphatic heterocycles. The molecule has 0 aromatic rings. The largest absolute Gasteiger partial charge is 0.401 e. The van der Waals surface area contributed by atoms with Crippen molar-refractivity contribution in [3.63, 3.8) is 0 Å². The van der Waals surface area contributed by atoms with E-state index in [2.05, 4.69) is 4.74 Å². The monoisotopic (exact) mass is 66.0 g/mol. The van der Waals surface area contributed by atoms with Gasteiger partial charge in [-0.3, -0.25) is 0 Å². The van der Waals surface area contributed by atoms with Gasteiger partial charge in [0, 0.05) is 13.0 Å². The molecule has 0 spiro atoms. The van der Waals surface area contributed by atoms with Crippen LogP contribution < -0.4 is 0 Å². The average Bonchev–Trinajstić information content (AvgIpc) is 1.41. The van der Waals surface area contributed by atoms with Crippen molar-refractivity contribution < 1.29 is 4.74 Å². The normalized spacial score (nSPS) is 8.00. The topological polar surface area (TPSA) is 9.23 Å². The minimum Gasteiger partial charge on any atom is -0.401 e. The van der Waals surface area contributed by atoms with Crippen LogP contribution in [-0.4, -0.2) is 28.7 Å². The SMILES string of the molecule is [B]COC[B]. The first-order chi connectivity index (χ1) is 2.41. The van der Waals surface area contributed by atoms with Gasteiger partial charge in [0.25, 0.3) is 0 Å². The second-order valence-corrected chi connectivity index (χ2v) is 0.537. The van der Waals surface area contributed by atoms with E-state index in [1.165, 1.54) is 0 Å². The molecule has 0 heterocycles. The van der Waals surface area contributed by atoms with Gasteiger partial charge < -0.3 is 4.74 Å². The van der Waals surface area contributed by atoms with Gasteiger partial charge in [-0.2, -0.15) is 0 Å². The Bertz CT molecular complexity index is 15.1. The van der Waals surface area contributed by atoms with Crippen LogP contribution >= 0.6 is 0 Å². The molecular weight excluding hydrogens is 61.6 g/mol. The van der Waals surface area contributed by atoms with Crippen molar-refractivity contribution in [3.8, 4) is 0 Å². The van der Waals surface area contributed by atoms with Gasteiger partial charge in [0.1, 0.15) is 15.7 Å². The summed E-state index contributed by atoms with van der Waals surface area (Å²) in [5.74, 6) is 0. The summed E-state index contributed by atoms with van der Waals surface area (Å²) in [6.07, 6.45) is 0. The summed E-state index contributed by atoms with van der Waals surface area (Å²) < 4.78 is 4.39. The van der Waals surface area contributed by atoms with Crippen molar-refractivity contribution in [1.29, 1.82) is 0 Å². The maximum Gasteiger partial charge on any atom is 0.104 e. The smallest absolute Gasteiger partial charge is 0.104 e. The molecule has 0 aliphatic rings. The summed E-state index contributed by atoms with van der Waals surface area (Å²) in [7, 11) is 9.67. The predicted octanol–water partition coefficient (Wildman–Crippen LogP) is -0.745. The quantitative estimate of drug-likeness (QED) is 0.385. The summed E-state index contributed by atoms with van der Waals surface area (Å²) in [6, 6.07) is 0. The van der Waals surface area contributed by atoms with Gasteiger partial charge in [-0.25, -0.2) is 0 Å². The molecule has 0 aromatic heterocycles. The van der Waals surface area contributed by atoms with Crippen LogP contribution in [0.3, 0.4) is 0 Å². The lowest BCUT2D eigenvalue weighted by Crippen LogP contribution is -1.93. The Morgan fingerprint density at radius 1 is 1.20 bits per heavy atom. The van der Waals surface area contributed by atoms with Crippen molar-refractivity contribution in [1.82, 2.24) is 0 Å². The van der Waals surface area contributed by atoms with Gasteiger partial charge in [0.2, 0.25) is 0 Å². The highest BCUT2D eigenvalue weighted by Crippen LogP contribution is 1.55. The Balaban J connectivity index is 2.19. The first kappa shape index (κ1) is 5.09. The Morgan fingerprint density at radius 2 is 1.60 bits per heavy atom. The number of hydrogen-bond donors (Lipinski definition) is 0. The molecule has 5 heavy (non-hydrogen) atoms. The molecule has 1 nitrogen and oxygen atoms in total. The van der Waals surface area contributed by atoms with Gasteiger partial charge in [0.05, 0.1) is 0 Å². The predicted molar refractivity (Wildman–Crippen MR) is 22.3 cm³/mol. The fourth-order valence-corrected chi connectivity index (χ4v) is 0.0680. The highest BCUT2D eigenvalue weighted by molar-refractivity contribution is 6.10. The lowest BCUT2D eigenvalue weighted by atomic mass is 10.2. The van der Waals surface area contributed by atoms with E-state index < -0.39 is 0 Å². The molecule has 0 rings (SSSR count). The summed E-state index contributed by atoms with van der Waals surface area (Å²) >= 11 is 0. The maximum atomic E-state index is 4.84. The van der Waals surface area contributed by atoms with E-state index in [0.29, 0.717) is 0 Å². The van der Waals surface area contributed by atoms with Crippen LogP contribution in [0.4, 0.5) is 0 Å². The van der Waals surface area contributed by atoms with Crippen LogP contribution in [0.15, 0.2) is 0 Å². The zero-order valence-corrected chi connectivity index (χ0v) is 2.98. The molecule has 0 saturated heterocycles.